The van der Waals surface area contributed by atoms with Crippen LogP contribution in [0, 0.1) is 0 Å². The third-order valence-corrected chi connectivity index (χ3v) is 3.02. The Morgan fingerprint density at radius 2 is 2.24 bits per heavy atom. The molecule has 1 aliphatic heterocycles. The summed E-state index contributed by atoms with van der Waals surface area (Å²) in [7, 11) is 0. The second-order valence-electron chi connectivity index (χ2n) is 4.75. The van der Waals surface area contributed by atoms with E-state index < -0.39 is 5.97 Å². The van der Waals surface area contributed by atoms with Gasteiger partial charge in [-0.2, -0.15) is 0 Å². The topological polar surface area (TPSA) is 78.4 Å². The highest BCUT2D eigenvalue weighted by Crippen LogP contribution is 2.11. The number of amides is 1. The molecule has 0 radical (unpaired) electrons. The van der Waals surface area contributed by atoms with E-state index in [9.17, 15) is 9.59 Å². The van der Waals surface area contributed by atoms with Crippen molar-refractivity contribution in [3.05, 3.63) is 0 Å². The molecule has 1 heterocycles. The van der Waals surface area contributed by atoms with Gasteiger partial charge in [0.1, 0.15) is 0 Å². The highest BCUT2D eigenvalue weighted by Gasteiger charge is 2.15. The molecule has 17 heavy (non-hydrogen) atoms. The normalized spacial score (nSPS) is 21.8. The van der Waals surface area contributed by atoms with Gasteiger partial charge in [-0.3, -0.25) is 9.59 Å². The van der Waals surface area contributed by atoms with E-state index in [1.54, 1.807) is 6.92 Å². The molecule has 1 fully saturated rings. The summed E-state index contributed by atoms with van der Waals surface area (Å²) >= 11 is 0. The first-order valence-electron chi connectivity index (χ1n) is 6.32. The van der Waals surface area contributed by atoms with Gasteiger partial charge in [-0.1, -0.05) is 6.42 Å². The number of hydrogen-bond donors (Lipinski definition) is 3. The Morgan fingerprint density at radius 3 is 2.82 bits per heavy atom. The van der Waals surface area contributed by atoms with Crippen molar-refractivity contribution in [1.82, 2.24) is 10.6 Å². The summed E-state index contributed by atoms with van der Waals surface area (Å²) in [5.41, 5.74) is 0. The van der Waals surface area contributed by atoms with Gasteiger partial charge in [0.05, 0.1) is 6.42 Å². The molecule has 0 aromatic heterocycles. The van der Waals surface area contributed by atoms with Gasteiger partial charge in [0.25, 0.3) is 0 Å². The van der Waals surface area contributed by atoms with E-state index in [0.717, 1.165) is 19.4 Å². The molecule has 2 atom stereocenters. The molecule has 0 saturated carbocycles. The summed E-state index contributed by atoms with van der Waals surface area (Å²) in [5, 5.41) is 14.7. The largest absolute Gasteiger partial charge is 0.481 e. The van der Waals surface area contributed by atoms with E-state index in [1.165, 1.54) is 12.8 Å². The van der Waals surface area contributed by atoms with Crippen LogP contribution in [0.15, 0.2) is 0 Å². The lowest BCUT2D eigenvalue weighted by atomic mass is 10.0. The number of hydrogen-bond acceptors (Lipinski definition) is 3. The zero-order valence-corrected chi connectivity index (χ0v) is 10.4. The van der Waals surface area contributed by atoms with E-state index in [2.05, 4.69) is 10.6 Å². The Kier molecular flexibility index (Phi) is 5.97. The van der Waals surface area contributed by atoms with Gasteiger partial charge >= 0.3 is 5.97 Å². The van der Waals surface area contributed by atoms with Gasteiger partial charge in [0.15, 0.2) is 0 Å². The Balaban J connectivity index is 2.13. The molecule has 98 valence electrons. The lowest BCUT2D eigenvalue weighted by Crippen LogP contribution is -2.37. The number of carbonyl (C=O) groups excluding carboxylic acids is 1. The van der Waals surface area contributed by atoms with Crippen LogP contribution < -0.4 is 10.6 Å². The highest BCUT2D eigenvalue weighted by atomic mass is 16.4. The molecule has 0 aromatic rings. The summed E-state index contributed by atoms with van der Waals surface area (Å²) in [6.45, 7) is 2.76. The fourth-order valence-electron chi connectivity index (χ4n) is 2.14. The van der Waals surface area contributed by atoms with Crippen LogP contribution in [0.1, 0.15) is 45.4 Å². The van der Waals surface area contributed by atoms with Crippen LogP contribution in [0.25, 0.3) is 0 Å². The summed E-state index contributed by atoms with van der Waals surface area (Å²) < 4.78 is 0. The molecule has 2 unspecified atom stereocenters. The third-order valence-electron chi connectivity index (χ3n) is 3.02. The summed E-state index contributed by atoms with van der Waals surface area (Å²) in [6, 6.07) is 0.156. The zero-order valence-electron chi connectivity index (χ0n) is 10.4. The second-order valence-corrected chi connectivity index (χ2v) is 4.75. The first-order valence-corrected chi connectivity index (χ1v) is 6.32. The molecule has 3 N–H and O–H groups in total. The summed E-state index contributed by atoms with van der Waals surface area (Å²) in [5.74, 6) is -0.933. The first kappa shape index (κ1) is 14.0. The highest BCUT2D eigenvalue weighted by molar-refractivity contribution is 5.77. The minimum Gasteiger partial charge on any atom is -0.481 e. The SMILES string of the molecule is CC(CC(=O)O)NC(=O)CCC1CCCCN1. The smallest absolute Gasteiger partial charge is 0.305 e. The Labute approximate surface area is 102 Å². The summed E-state index contributed by atoms with van der Waals surface area (Å²) in [4.78, 5) is 22.0. The van der Waals surface area contributed by atoms with Crippen molar-refractivity contribution in [2.75, 3.05) is 6.54 Å². The van der Waals surface area contributed by atoms with Crippen molar-refractivity contribution in [2.24, 2.45) is 0 Å². The fraction of sp³-hybridized carbons (Fsp3) is 0.833. The van der Waals surface area contributed by atoms with Gasteiger partial charge in [-0.25, -0.2) is 0 Å². The number of carboxylic acids is 1. The second kappa shape index (κ2) is 7.27. The van der Waals surface area contributed by atoms with Gasteiger partial charge < -0.3 is 15.7 Å². The average molecular weight is 242 g/mol. The Morgan fingerprint density at radius 1 is 1.47 bits per heavy atom. The van der Waals surface area contributed by atoms with Crippen LogP contribution in [-0.2, 0) is 9.59 Å². The third kappa shape index (κ3) is 6.26. The molecule has 0 spiro atoms. The van der Waals surface area contributed by atoms with E-state index in [0.29, 0.717) is 12.5 Å². The lowest BCUT2D eigenvalue weighted by molar-refractivity contribution is -0.137. The lowest BCUT2D eigenvalue weighted by Gasteiger charge is -2.23. The maximum atomic E-state index is 11.5. The van der Waals surface area contributed by atoms with E-state index in [1.807, 2.05) is 0 Å². The number of piperidine rings is 1. The number of nitrogens with one attached hydrogen (secondary N) is 2. The van der Waals surface area contributed by atoms with Gasteiger partial charge in [0, 0.05) is 18.5 Å². The van der Waals surface area contributed by atoms with Crippen LogP contribution >= 0.6 is 0 Å². The minimum atomic E-state index is -0.883. The average Bonchev–Trinajstić information content (AvgIpc) is 2.26. The predicted molar refractivity (Wildman–Crippen MR) is 64.7 cm³/mol. The molecule has 1 amide bonds. The number of rotatable bonds is 6. The molecule has 0 bridgehead atoms. The summed E-state index contributed by atoms with van der Waals surface area (Å²) in [6.07, 6.45) is 4.88. The van der Waals surface area contributed by atoms with E-state index >= 15 is 0 Å². The van der Waals surface area contributed by atoms with Crippen LogP contribution in [0.4, 0.5) is 0 Å². The molecule has 5 nitrogen and oxygen atoms in total. The molecular formula is C12H22N2O3. The fourth-order valence-corrected chi connectivity index (χ4v) is 2.14. The van der Waals surface area contributed by atoms with Crippen molar-refractivity contribution in [3.63, 3.8) is 0 Å². The molecule has 0 aromatic carbocycles. The molecule has 1 rings (SSSR count). The van der Waals surface area contributed by atoms with Crippen molar-refractivity contribution in [2.45, 2.75) is 57.5 Å². The number of carbonyl (C=O) groups is 2. The molecule has 1 saturated heterocycles. The van der Waals surface area contributed by atoms with E-state index in [-0.39, 0.29) is 18.4 Å². The molecule has 0 aliphatic carbocycles. The van der Waals surface area contributed by atoms with Crippen LogP contribution in [0.2, 0.25) is 0 Å². The van der Waals surface area contributed by atoms with Gasteiger partial charge in [0.2, 0.25) is 5.91 Å². The van der Waals surface area contributed by atoms with Gasteiger partial charge in [-0.05, 0) is 32.7 Å². The standard InChI is InChI=1S/C12H22N2O3/c1-9(8-12(16)17)14-11(15)6-5-10-4-2-3-7-13-10/h9-10,13H,2-8H2,1H3,(H,14,15)(H,16,17). The molecule has 5 heteroatoms. The van der Waals surface area contributed by atoms with Crippen molar-refractivity contribution >= 4 is 11.9 Å². The van der Waals surface area contributed by atoms with E-state index in [4.69, 9.17) is 5.11 Å². The Bertz CT molecular complexity index is 262. The van der Waals surface area contributed by atoms with Gasteiger partial charge in [-0.15, -0.1) is 0 Å². The van der Waals surface area contributed by atoms with Crippen molar-refractivity contribution in [1.29, 1.82) is 0 Å². The quantitative estimate of drug-likeness (QED) is 0.646. The number of carboxylic acid groups (broad SMARTS) is 1. The molecular weight excluding hydrogens is 220 g/mol. The first-order chi connectivity index (χ1) is 8.08. The van der Waals surface area contributed by atoms with Crippen molar-refractivity contribution in [3.8, 4) is 0 Å². The number of aliphatic carboxylic acids is 1. The van der Waals surface area contributed by atoms with Crippen LogP contribution in [0.5, 0.6) is 0 Å². The monoisotopic (exact) mass is 242 g/mol. The molecule has 1 aliphatic rings. The predicted octanol–water partition coefficient (Wildman–Crippen LogP) is 0.888. The van der Waals surface area contributed by atoms with Crippen LogP contribution in [0.3, 0.4) is 0 Å². The Hall–Kier alpha value is -1.10. The minimum absolute atomic E-state index is 0.0204. The zero-order chi connectivity index (χ0) is 12.7. The maximum Gasteiger partial charge on any atom is 0.305 e. The maximum absolute atomic E-state index is 11.5. The van der Waals surface area contributed by atoms with Crippen molar-refractivity contribution < 1.29 is 14.7 Å². The van der Waals surface area contributed by atoms with Crippen LogP contribution in [-0.4, -0.2) is 35.6 Å².